The summed E-state index contributed by atoms with van der Waals surface area (Å²) in [6.07, 6.45) is 8.48. The smallest absolute Gasteiger partial charge is 0.657 e. The maximum atomic E-state index is 11.9. The third-order valence-corrected chi connectivity index (χ3v) is 10.6. The van der Waals surface area contributed by atoms with Crippen LogP contribution >= 0.6 is 0 Å². The first kappa shape index (κ1) is 40.1. The number of nitrogens with zero attached hydrogens (tertiary/aromatic N) is 4. The molecule has 4 nitrogen and oxygen atoms in total. The van der Waals surface area contributed by atoms with E-state index in [9.17, 15) is 4.39 Å². The van der Waals surface area contributed by atoms with Crippen LogP contribution in [0.2, 0.25) is 0 Å². The van der Waals surface area contributed by atoms with Gasteiger partial charge in [-0.15, -0.1) is 34.2 Å². The molecule has 0 fully saturated rings. The van der Waals surface area contributed by atoms with Crippen LogP contribution in [-0.2, 0) is 20.1 Å². The molecule has 0 atom stereocenters. The van der Waals surface area contributed by atoms with E-state index in [0.29, 0.717) is 0 Å². The van der Waals surface area contributed by atoms with Crippen molar-refractivity contribution in [2.75, 3.05) is 0 Å². The molecule has 0 saturated carbocycles. The van der Waals surface area contributed by atoms with Crippen molar-refractivity contribution in [3.63, 3.8) is 0 Å². The SMILES string of the molecule is Cc1ccc(-c2c3nc(c(-c4ccc(C)cc4)c4ccc([n-]4)c(-c4ccc(C)cc4)c4nc(c(-c5ccc(C)cc5)c5ccc2[n-]5)C=C4)C=C3)cc1.Fc1cc[c-]cc1.[Ir+3]. The first-order chi connectivity index (χ1) is 28.8. The Bertz CT molecular complexity index is 2680. The molecule has 0 saturated heterocycles. The molecule has 0 aliphatic carbocycles. The van der Waals surface area contributed by atoms with Crippen LogP contribution in [0.1, 0.15) is 45.0 Å². The fourth-order valence-electron chi connectivity index (χ4n) is 7.52. The van der Waals surface area contributed by atoms with Gasteiger partial charge in [-0.1, -0.05) is 144 Å². The third kappa shape index (κ3) is 8.26. The summed E-state index contributed by atoms with van der Waals surface area (Å²) in [5.74, 6) is -0.209. The van der Waals surface area contributed by atoms with Crippen molar-refractivity contribution < 1.29 is 24.5 Å². The number of benzene rings is 5. The van der Waals surface area contributed by atoms with E-state index in [1.165, 1.54) is 46.5 Å². The molecule has 2 aliphatic rings. The summed E-state index contributed by atoms with van der Waals surface area (Å²) in [5, 5.41) is 0. The van der Waals surface area contributed by atoms with Crippen LogP contribution in [0.3, 0.4) is 0 Å². The topological polar surface area (TPSA) is 54.0 Å². The summed E-state index contributed by atoms with van der Waals surface area (Å²) in [7, 11) is 0. The van der Waals surface area contributed by atoms with Gasteiger partial charge in [-0.25, -0.2) is 14.4 Å². The monoisotopic (exact) mass is 956 g/mol. The van der Waals surface area contributed by atoms with Gasteiger partial charge in [-0.05, 0) is 96.5 Å². The zero-order chi connectivity index (χ0) is 40.5. The average molecular weight is 956 g/mol. The van der Waals surface area contributed by atoms with E-state index in [4.69, 9.17) is 19.9 Å². The van der Waals surface area contributed by atoms with Crippen molar-refractivity contribution in [1.82, 2.24) is 19.9 Å². The van der Waals surface area contributed by atoms with Crippen LogP contribution in [0.5, 0.6) is 0 Å². The molecular weight excluding hydrogens is 916 g/mol. The van der Waals surface area contributed by atoms with Crippen LogP contribution in [0.4, 0.5) is 4.39 Å². The molecule has 8 bridgehead atoms. The largest absolute Gasteiger partial charge is 3.00 e. The molecule has 292 valence electrons. The van der Waals surface area contributed by atoms with Crippen LogP contribution in [0.15, 0.2) is 146 Å². The Kier molecular flexibility index (Phi) is 11.5. The number of aryl methyl sites for hydroxylation is 4. The molecule has 0 amide bonds. The van der Waals surface area contributed by atoms with Crippen molar-refractivity contribution in [3.05, 3.63) is 203 Å². The second-order valence-corrected chi connectivity index (χ2v) is 15.0. The van der Waals surface area contributed by atoms with Gasteiger partial charge in [0.2, 0.25) is 0 Å². The Hall–Kier alpha value is -6.72. The Morgan fingerprint density at radius 2 is 0.617 bits per heavy atom. The molecule has 2 aliphatic heterocycles. The molecule has 0 spiro atoms. The van der Waals surface area contributed by atoms with Gasteiger partial charge in [0.25, 0.3) is 0 Å². The van der Waals surface area contributed by atoms with E-state index in [1.54, 1.807) is 0 Å². The van der Waals surface area contributed by atoms with Gasteiger partial charge in [-0.2, -0.15) is 18.2 Å². The van der Waals surface area contributed by atoms with E-state index in [0.717, 1.165) is 89.4 Å². The van der Waals surface area contributed by atoms with Crippen molar-refractivity contribution in [1.29, 1.82) is 0 Å². The van der Waals surface area contributed by atoms with Crippen molar-refractivity contribution >= 4 is 46.4 Å². The predicted molar refractivity (Wildman–Crippen MR) is 243 cm³/mol. The molecule has 5 aromatic carbocycles. The standard InChI is InChI=1S/C48H36N4.C6H4F.Ir/c1-29-5-13-33(14-6-29)45-37-21-23-39(49-37)46(34-15-7-30(2)8-16-34)41-25-27-43(51-41)48(36-19-11-32(4)12-20-36)44-28-26-42(52-44)47(40-24-22-38(45)50-40)35-17-9-31(3)10-18-35;7-6-4-2-1-3-5-6;/h5-28H,1-4H3;2-5H;/q-2;-1;+3. The van der Waals surface area contributed by atoms with Gasteiger partial charge in [0.1, 0.15) is 0 Å². The van der Waals surface area contributed by atoms with Gasteiger partial charge in [-0.3, -0.25) is 0 Å². The minimum atomic E-state index is -0.209. The fourth-order valence-corrected chi connectivity index (χ4v) is 7.52. The van der Waals surface area contributed by atoms with Crippen LogP contribution in [0, 0.1) is 39.6 Å². The number of hydrogen-bond acceptors (Lipinski definition) is 2. The molecule has 5 heterocycles. The zero-order valence-corrected chi connectivity index (χ0v) is 36.1. The quantitative estimate of drug-likeness (QED) is 0.165. The predicted octanol–water partition coefficient (Wildman–Crippen LogP) is 13.4. The molecule has 60 heavy (non-hydrogen) atoms. The number of hydrogen-bond donors (Lipinski definition) is 0. The van der Waals surface area contributed by atoms with Crippen molar-refractivity contribution in [2.24, 2.45) is 0 Å². The van der Waals surface area contributed by atoms with Crippen molar-refractivity contribution in [3.8, 4) is 44.5 Å². The maximum absolute atomic E-state index is 11.9. The van der Waals surface area contributed by atoms with E-state index in [-0.39, 0.29) is 25.9 Å². The summed E-state index contributed by atoms with van der Waals surface area (Å²) in [6, 6.07) is 51.5. The third-order valence-electron chi connectivity index (χ3n) is 10.6. The number of aromatic nitrogens is 4. The van der Waals surface area contributed by atoms with Gasteiger partial charge in [0.15, 0.2) is 0 Å². The summed E-state index contributed by atoms with van der Waals surface area (Å²) < 4.78 is 11.9. The van der Waals surface area contributed by atoms with Crippen LogP contribution in [0.25, 0.3) is 90.9 Å². The van der Waals surface area contributed by atoms with E-state index in [1.807, 2.05) is 0 Å². The Balaban J connectivity index is 0.000000568. The molecular formula is C54H40FIrN4. The molecule has 10 rings (SSSR count). The maximum Gasteiger partial charge on any atom is 3.00 e. The number of fused-ring (bicyclic) bond motifs is 8. The Morgan fingerprint density at radius 3 is 0.833 bits per heavy atom. The first-order valence-corrected chi connectivity index (χ1v) is 19.7. The van der Waals surface area contributed by atoms with Gasteiger partial charge in [0.05, 0.1) is 22.8 Å². The fraction of sp³-hybridized carbons (Fsp3) is 0.0741. The summed E-state index contributed by atoms with van der Waals surface area (Å²) >= 11 is 0. The van der Waals surface area contributed by atoms with Crippen molar-refractivity contribution in [2.45, 2.75) is 27.7 Å². The average Bonchev–Trinajstić information content (AvgIpc) is 4.09. The molecule has 0 unspecified atom stereocenters. The molecule has 6 heteroatoms. The summed E-state index contributed by atoms with van der Waals surface area (Å²) in [4.78, 5) is 21.5. The van der Waals surface area contributed by atoms with E-state index >= 15 is 0 Å². The van der Waals surface area contributed by atoms with Gasteiger partial charge < -0.3 is 9.97 Å². The number of rotatable bonds is 4. The summed E-state index contributed by atoms with van der Waals surface area (Å²) in [5.41, 5.74) is 19.9. The van der Waals surface area contributed by atoms with E-state index in [2.05, 4.69) is 179 Å². The van der Waals surface area contributed by atoms with Gasteiger partial charge >= 0.3 is 20.1 Å². The molecule has 8 aromatic rings. The zero-order valence-electron chi connectivity index (χ0n) is 33.7. The molecule has 0 radical (unpaired) electrons. The minimum Gasteiger partial charge on any atom is -0.657 e. The Morgan fingerprint density at radius 1 is 0.367 bits per heavy atom. The second kappa shape index (κ2) is 17.2. The minimum absolute atomic E-state index is 0. The van der Waals surface area contributed by atoms with E-state index < -0.39 is 0 Å². The molecule has 0 N–H and O–H groups in total. The Labute approximate surface area is 363 Å². The van der Waals surface area contributed by atoms with Crippen LogP contribution < -0.4 is 9.97 Å². The second-order valence-electron chi connectivity index (χ2n) is 15.0. The normalized spacial score (nSPS) is 11.5. The summed E-state index contributed by atoms with van der Waals surface area (Å²) in [6.45, 7) is 8.45. The molecule has 3 aromatic heterocycles. The number of halogens is 1. The van der Waals surface area contributed by atoms with Gasteiger partial charge in [0, 0.05) is 5.82 Å². The van der Waals surface area contributed by atoms with Crippen LogP contribution in [-0.4, -0.2) is 9.97 Å². The first-order valence-electron chi connectivity index (χ1n) is 19.7.